The highest BCUT2D eigenvalue weighted by molar-refractivity contribution is 5.62. The normalized spacial score (nSPS) is 22.7. The molecule has 2 nitrogen and oxygen atoms in total. The highest BCUT2D eigenvalue weighted by atomic mass is 16.3. The SMILES string of the molecule is Cc1ccc2c(c1)[C@H](CCO)C[C@@H]1c3ccccc3CCN21. The van der Waals surface area contributed by atoms with E-state index in [0.29, 0.717) is 12.0 Å². The summed E-state index contributed by atoms with van der Waals surface area (Å²) >= 11 is 0. The third kappa shape index (κ3) is 2.14. The maximum Gasteiger partial charge on any atom is 0.0551 e. The van der Waals surface area contributed by atoms with Gasteiger partial charge in [0.05, 0.1) is 6.04 Å². The van der Waals surface area contributed by atoms with Crippen LogP contribution < -0.4 is 4.90 Å². The molecular weight excluding hydrogens is 270 g/mol. The quantitative estimate of drug-likeness (QED) is 0.905. The van der Waals surface area contributed by atoms with E-state index in [1.54, 1.807) is 0 Å². The molecule has 0 spiro atoms. The van der Waals surface area contributed by atoms with E-state index in [1.165, 1.54) is 27.9 Å². The summed E-state index contributed by atoms with van der Waals surface area (Å²) in [4.78, 5) is 2.59. The summed E-state index contributed by atoms with van der Waals surface area (Å²) < 4.78 is 0. The number of hydrogen-bond acceptors (Lipinski definition) is 2. The monoisotopic (exact) mass is 293 g/mol. The number of benzene rings is 2. The van der Waals surface area contributed by atoms with Crippen molar-refractivity contribution in [1.29, 1.82) is 0 Å². The molecule has 0 bridgehead atoms. The fraction of sp³-hybridized carbons (Fsp3) is 0.400. The molecule has 0 fully saturated rings. The first-order chi connectivity index (χ1) is 10.8. The van der Waals surface area contributed by atoms with Crippen LogP contribution in [-0.4, -0.2) is 18.3 Å². The van der Waals surface area contributed by atoms with Crippen molar-refractivity contribution < 1.29 is 5.11 Å². The highest BCUT2D eigenvalue weighted by Crippen LogP contribution is 2.48. The number of aliphatic hydroxyl groups excluding tert-OH is 1. The Labute approximate surface area is 132 Å². The van der Waals surface area contributed by atoms with Crippen molar-refractivity contribution in [1.82, 2.24) is 0 Å². The second-order valence-electron chi connectivity index (χ2n) is 6.67. The van der Waals surface area contributed by atoms with Gasteiger partial charge in [0.15, 0.2) is 0 Å². The zero-order valence-corrected chi connectivity index (χ0v) is 13.1. The summed E-state index contributed by atoms with van der Waals surface area (Å²) in [7, 11) is 0. The van der Waals surface area contributed by atoms with Crippen LogP contribution in [-0.2, 0) is 6.42 Å². The van der Waals surface area contributed by atoms with Gasteiger partial charge in [-0.2, -0.15) is 0 Å². The second-order valence-corrected chi connectivity index (χ2v) is 6.67. The molecule has 2 aliphatic heterocycles. The molecule has 2 heterocycles. The number of hydrogen-bond donors (Lipinski definition) is 1. The number of fused-ring (bicyclic) bond motifs is 5. The molecule has 0 aliphatic carbocycles. The van der Waals surface area contributed by atoms with E-state index in [2.05, 4.69) is 54.3 Å². The Balaban J connectivity index is 1.82. The Hall–Kier alpha value is -1.80. The second kappa shape index (κ2) is 5.44. The fourth-order valence-electron chi connectivity index (χ4n) is 4.28. The molecule has 0 amide bonds. The third-order valence-corrected chi connectivity index (χ3v) is 5.33. The maximum atomic E-state index is 9.49. The molecule has 1 N–H and O–H groups in total. The van der Waals surface area contributed by atoms with Crippen LogP contribution in [0.1, 0.15) is 47.1 Å². The Morgan fingerprint density at radius 1 is 1.14 bits per heavy atom. The summed E-state index contributed by atoms with van der Waals surface area (Å²) in [6.45, 7) is 3.53. The number of aliphatic hydroxyl groups is 1. The molecule has 2 aromatic rings. The first kappa shape index (κ1) is 13.8. The van der Waals surface area contributed by atoms with Crippen molar-refractivity contribution >= 4 is 5.69 Å². The van der Waals surface area contributed by atoms with Crippen LogP contribution in [0, 0.1) is 6.92 Å². The summed E-state index contributed by atoms with van der Waals surface area (Å²) in [5.41, 5.74) is 7.13. The summed E-state index contributed by atoms with van der Waals surface area (Å²) in [5, 5.41) is 9.49. The van der Waals surface area contributed by atoms with Crippen molar-refractivity contribution in [2.75, 3.05) is 18.1 Å². The Morgan fingerprint density at radius 3 is 2.86 bits per heavy atom. The molecule has 0 saturated heterocycles. The van der Waals surface area contributed by atoms with E-state index >= 15 is 0 Å². The van der Waals surface area contributed by atoms with Crippen LogP contribution >= 0.6 is 0 Å². The van der Waals surface area contributed by atoms with Gasteiger partial charge < -0.3 is 10.0 Å². The van der Waals surface area contributed by atoms with E-state index in [0.717, 1.165) is 25.8 Å². The van der Waals surface area contributed by atoms with Crippen LogP contribution in [0.25, 0.3) is 0 Å². The van der Waals surface area contributed by atoms with Gasteiger partial charge in [0.25, 0.3) is 0 Å². The van der Waals surface area contributed by atoms with Crippen LogP contribution in [0.2, 0.25) is 0 Å². The Bertz CT molecular complexity index is 694. The topological polar surface area (TPSA) is 23.5 Å². The van der Waals surface area contributed by atoms with Crippen molar-refractivity contribution in [2.24, 2.45) is 0 Å². The van der Waals surface area contributed by atoms with E-state index in [4.69, 9.17) is 0 Å². The zero-order chi connectivity index (χ0) is 15.1. The van der Waals surface area contributed by atoms with Crippen LogP contribution in [0.15, 0.2) is 42.5 Å². The average Bonchev–Trinajstić information content (AvgIpc) is 2.55. The predicted molar refractivity (Wildman–Crippen MR) is 90.5 cm³/mol. The lowest BCUT2D eigenvalue weighted by atomic mass is 9.78. The molecule has 0 radical (unpaired) electrons. The molecular formula is C20H23NO. The number of anilines is 1. The lowest BCUT2D eigenvalue weighted by Crippen LogP contribution is -2.40. The molecule has 2 heteroatoms. The molecule has 22 heavy (non-hydrogen) atoms. The van der Waals surface area contributed by atoms with Crippen molar-refractivity contribution in [3.63, 3.8) is 0 Å². The molecule has 0 aromatic heterocycles. The van der Waals surface area contributed by atoms with E-state index in [-0.39, 0.29) is 6.61 Å². The molecule has 2 aromatic carbocycles. The van der Waals surface area contributed by atoms with Crippen LogP contribution in [0.4, 0.5) is 5.69 Å². The smallest absolute Gasteiger partial charge is 0.0551 e. The lowest BCUT2D eigenvalue weighted by Gasteiger charge is -2.46. The highest BCUT2D eigenvalue weighted by Gasteiger charge is 2.36. The Morgan fingerprint density at radius 2 is 2.00 bits per heavy atom. The average molecular weight is 293 g/mol. The van der Waals surface area contributed by atoms with E-state index < -0.39 is 0 Å². The van der Waals surface area contributed by atoms with Crippen molar-refractivity contribution in [3.05, 3.63) is 64.7 Å². The van der Waals surface area contributed by atoms with Gasteiger partial charge in [-0.1, -0.05) is 42.0 Å². The minimum atomic E-state index is 0.270. The Kier molecular flexibility index (Phi) is 3.42. The predicted octanol–water partition coefficient (Wildman–Crippen LogP) is 3.97. The summed E-state index contributed by atoms with van der Waals surface area (Å²) in [6, 6.07) is 16.2. The van der Waals surface area contributed by atoms with Gasteiger partial charge in [0.2, 0.25) is 0 Å². The first-order valence-electron chi connectivity index (χ1n) is 8.34. The fourth-order valence-corrected chi connectivity index (χ4v) is 4.28. The number of rotatable bonds is 2. The first-order valence-corrected chi connectivity index (χ1v) is 8.34. The molecule has 0 unspecified atom stereocenters. The number of nitrogens with zero attached hydrogens (tertiary/aromatic N) is 1. The van der Waals surface area contributed by atoms with Crippen molar-refractivity contribution in [3.8, 4) is 0 Å². The zero-order valence-electron chi connectivity index (χ0n) is 13.1. The third-order valence-electron chi connectivity index (χ3n) is 5.33. The van der Waals surface area contributed by atoms with Gasteiger partial charge in [-0.15, -0.1) is 0 Å². The maximum absolute atomic E-state index is 9.49. The molecule has 2 atom stereocenters. The lowest BCUT2D eigenvalue weighted by molar-refractivity contribution is 0.266. The van der Waals surface area contributed by atoms with E-state index in [9.17, 15) is 5.11 Å². The summed E-state index contributed by atoms with van der Waals surface area (Å²) in [5.74, 6) is 0.465. The molecule has 2 aliphatic rings. The largest absolute Gasteiger partial charge is 0.396 e. The van der Waals surface area contributed by atoms with Gasteiger partial charge >= 0.3 is 0 Å². The van der Waals surface area contributed by atoms with Crippen LogP contribution in [0.5, 0.6) is 0 Å². The standard InChI is InChI=1S/C20H23NO/c1-14-6-7-19-18(12-14)16(9-11-22)13-20-17-5-3-2-4-15(17)8-10-21(19)20/h2-7,12,16,20,22H,8-11,13H2,1H3/t16-,20-/m1/s1. The minimum absolute atomic E-state index is 0.270. The van der Waals surface area contributed by atoms with Gasteiger partial charge in [0, 0.05) is 18.8 Å². The van der Waals surface area contributed by atoms with Crippen LogP contribution in [0.3, 0.4) is 0 Å². The number of aryl methyl sites for hydroxylation is 1. The van der Waals surface area contributed by atoms with E-state index in [1.807, 2.05) is 0 Å². The minimum Gasteiger partial charge on any atom is -0.396 e. The van der Waals surface area contributed by atoms with Crippen molar-refractivity contribution in [2.45, 2.75) is 38.1 Å². The molecule has 114 valence electrons. The molecule has 4 rings (SSSR count). The summed E-state index contributed by atoms with van der Waals surface area (Å²) in [6.07, 6.45) is 3.11. The van der Waals surface area contributed by atoms with Gasteiger partial charge in [-0.05, 0) is 54.9 Å². The van der Waals surface area contributed by atoms with Gasteiger partial charge in [0.1, 0.15) is 0 Å². The molecule has 0 saturated carbocycles. The van der Waals surface area contributed by atoms with Gasteiger partial charge in [-0.25, -0.2) is 0 Å². The van der Waals surface area contributed by atoms with Gasteiger partial charge in [-0.3, -0.25) is 0 Å².